The van der Waals surface area contributed by atoms with Crippen LogP contribution in [0.5, 0.6) is 5.75 Å². The van der Waals surface area contributed by atoms with Crippen LogP contribution in [0.1, 0.15) is 25.3 Å². The van der Waals surface area contributed by atoms with Crippen LogP contribution in [-0.4, -0.2) is 40.9 Å². The van der Waals surface area contributed by atoms with Crippen molar-refractivity contribution in [3.8, 4) is 16.9 Å². The van der Waals surface area contributed by atoms with Gasteiger partial charge in [-0.2, -0.15) is 0 Å². The van der Waals surface area contributed by atoms with Gasteiger partial charge in [-0.15, -0.1) is 0 Å². The second-order valence-corrected chi connectivity index (χ2v) is 7.14. The molecule has 7 heteroatoms. The Hall–Kier alpha value is -2.67. The largest absolute Gasteiger partial charge is 0.487 e. The molecule has 3 aliphatic heterocycles. The molecule has 7 nitrogen and oxygen atoms in total. The van der Waals surface area contributed by atoms with E-state index in [1.54, 1.807) is 12.4 Å². The van der Waals surface area contributed by atoms with Crippen LogP contribution in [0.2, 0.25) is 0 Å². The first-order chi connectivity index (χ1) is 12.6. The molecule has 0 radical (unpaired) electrons. The minimum Gasteiger partial charge on any atom is -0.487 e. The molecule has 1 unspecified atom stereocenters. The molecule has 1 fully saturated rings. The predicted molar refractivity (Wildman–Crippen MR) is 94.7 cm³/mol. The fourth-order valence-corrected chi connectivity index (χ4v) is 4.31. The zero-order chi connectivity index (χ0) is 17.8. The summed E-state index contributed by atoms with van der Waals surface area (Å²) in [7, 11) is 0. The predicted octanol–water partition coefficient (Wildman–Crippen LogP) is 2.01. The van der Waals surface area contributed by atoms with Crippen molar-refractivity contribution < 1.29 is 14.2 Å². The van der Waals surface area contributed by atoms with Gasteiger partial charge in [0.25, 0.3) is 6.02 Å². The third-order valence-electron chi connectivity index (χ3n) is 5.77. The molecule has 3 aliphatic rings. The zero-order valence-electron chi connectivity index (χ0n) is 14.5. The van der Waals surface area contributed by atoms with Crippen molar-refractivity contribution in [3.05, 3.63) is 42.5 Å². The van der Waals surface area contributed by atoms with Crippen molar-refractivity contribution in [1.29, 1.82) is 0 Å². The molecule has 26 heavy (non-hydrogen) atoms. The molecule has 3 atom stereocenters. The fraction of sp³-hybridized carbons (Fsp3) is 0.421. The van der Waals surface area contributed by atoms with Crippen molar-refractivity contribution in [2.45, 2.75) is 37.0 Å². The second-order valence-electron chi connectivity index (χ2n) is 7.14. The van der Waals surface area contributed by atoms with Gasteiger partial charge in [0.1, 0.15) is 30.4 Å². The summed E-state index contributed by atoms with van der Waals surface area (Å²) in [4.78, 5) is 13.0. The highest BCUT2D eigenvalue weighted by Crippen LogP contribution is 2.54. The normalized spacial score (nSPS) is 32.2. The number of hydrogen-bond donors (Lipinski definition) is 1. The van der Waals surface area contributed by atoms with E-state index in [1.165, 1.54) is 6.33 Å². The first kappa shape index (κ1) is 15.6. The smallest absolute Gasteiger partial charge is 0.283 e. The standard InChI is InChI=1S/C19H20N4O3/c1-18-16(3-2-6-25-18)26-15-5-4-12(13-8-21-11-22-9-13)7-14(15)19(18)10-24-17(20)23-19/h4-5,7-9,11,16H,2-3,6,10H2,1H3,(H2,20,23)/t16-,18-,19?/m0/s1. The third kappa shape index (κ3) is 2.00. The molecular weight excluding hydrogens is 332 g/mol. The van der Waals surface area contributed by atoms with Crippen LogP contribution < -0.4 is 10.5 Å². The van der Waals surface area contributed by atoms with Crippen molar-refractivity contribution in [1.82, 2.24) is 9.97 Å². The molecule has 0 bridgehead atoms. The van der Waals surface area contributed by atoms with Gasteiger partial charge in [-0.3, -0.25) is 0 Å². The van der Waals surface area contributed by atoms with E-state index in [-0.39, 0.29) is 12.1 Å². The molecule has 1 saturated heterocycles. The molecule has 2 aromatic rings. The highest BCUT2D eigenvalue weighted by atomic mass is 16.6. The summed E-state index contributed by atoms with van der Waals surface area (Å²) in [6, 6.07) is 6.26. The molecule has 0 amide bonds. The summed E-state index contributed by atoms with van der Waals surface area (Å²) >= 11 is 0. The van der Waals surface area contributed by atoms with Gasteiger partial charge in [-0.1, -0.05) is 6.07 Å². The minimum atomic E-state index is -0.721. The zero-order valence-corrected chi connectivity index (χ0v) is 14.5. The Morgan fingerprint density at radius 3 is 2.81 bits per heavy atom. The van der Waals surface area contributed by atoms with Gasteiger partial charge in [-0.05, 0) is 37.5 Å². The number of amidine groups is 1. The maximum absolute atomic E-state index is 6.33. The summed E-state index contributed by atoms with van der Waals surface area (Å²) in [6.45, 7) is 3.08. The lowest BCUT2D eigenvalue weighted by atomic mass is 9.69. The lowest BCUT2D eigenvalue weighted by Crippen LogP contribution is -2.64. The van der Waals surface area contributed by atoms with E-state index in [0.29, 0.717) is 13.2 Å². The Labute approximate surface area is 151 Å². The Balaban J connectivity index is 1.72. The Bertz CT molecular complexity index is 888. The molecule has 1 aromatic carbocycles. The summed E-state index contributed by atoms with van der Waals surface area (Å²) < 4.78 is 18.2. The van der Waals surface area contributed by atoms with Gasteiger partial charge in [0.15, 0.2) is 5.54 Å². The van der Waals surface area contributed by atoms with Gasteiger partial charge < -0.3 is 19.9 Å². The van der Waals surface area contributed by atoms with E-state index in [2.05, 4.69) is 23.0 Å². The first-order valence-corrected chi connectivity index (χ1v) is 8.81. The van der Waals surface area contributed by atoms with Crippen LogP contribution >= 0.6 is 0 Å². The number of fused-ring (bicyclic) bond motifs is 4. The monoisotopic (exact) mass is 352 g/mol. The van der Waals surface area contributed by atoms with Gasteiger partial charge in [0, 0.05) is 30.1 Å². The van der Waals surface area contributed by atoms with Crippen molar-refractivity contribution in [2.75, 3.05) is 13.2 Å². The van der Waals surface area contributed by atoms with Crippen LogP contribution in [0.3, 0.4) is 0 Å². The van der Waals surface area contributed by atoms with Gasteiger partial charge >= 0.3 is 0 Å². The average Bonchev–Trinajstić information content (AvgIpc) is 3.07. The summed E-state index contributed by atoms with van der Waals surface area (Å²) in [5, 5.41) is 0. The lowest BCUT2D eigenvalue weighted by Gasteiger charge is -2.53. The summed E-state index contributed by atoms with van der Waals surface area (Å²) in [6.07, 6.45) is 6.88. The molecule has 1 spiro atoms. The number of aliphatic imine (C=N–C) groups is 1. The average molecular weight is 352 g/mol. The summed E-state index contributed by atoms with van der Waals surface area (Å²) in [5.74, 6) is 0.806. The molecule has 2 N–H and O–H groups in total. The van der Waals surface area contributed by atoms with Crippen LogP contribution in [0, 0.1) is 0 Å². The molecule has 0 aliphatic carbocycles. The SMILES string of the molecule is C[C@]12OCCC[C@@H]1Oc1ccc(-c3cncnc3)cc1C21COC(N)=N1. The topological polar surface area (TPSA) is 91.8 Å². The highest BCUT2D eigenvalue weighted by molar-refractivity contribution is 5.76. The minimum absolute atomic E-state index is 0.0899. The lowest BCUT2D eigenvalue weighted by molar-refractivity contribution is -0.188. The molecule has 134 valence electrons. The van der Waals surface area contributed by atoms with Gasteiger partial charge in [-0.25, -0.2) is 15.0 Å². The Kier molecular flexibility index (Phi) is 3.24. The molecule has 5 rings (SSSR count). The third-order valence-corrected chi connectivity index (χ3v) is 5.77. The molecule has 0 saturated carbocycles. The number of hydrogen-bond acceptors (Lipinski definition) is 7. The Morgan fingerprint density at radius 2 is 2.04 bits per heavy atom. The van der Waals surface area contributed by atoms with E-state index in [1.807, 2.05) is 12.1 Å². The van der Waals surface area contributed by atoms with Crippen LogP contribution in [0.4, 0.5) is 0 Å². The van der Waals surface area contributed by atoms with Crippen molar-refractivity contribution >= 4 is 6.02 Å². The Morgan fingerprint density at radius 1 is 1.19 bits per heavy atom. The van der Waals surface area contributed by atoms with Crippen LogP contribution in [0.15, 0.2) is 41.9 Å². The fourth-order valence-electron chi connectivity index (χ4n) is 4.31. The van der Waals surface area contributed by atoms with Crippen LogP contribution in [-0.2, 0) is 15.0 Å². The van der Waals surface area contributed by atoms with E-state index < -0.39 is 11.1 Å². The second kappa shape index (κ2) is 5.41. The first-order valence-electron chi connectivity index (χ1n) is 8.81. The van der Waals surface area contributed by atoms with Crippen molar-refractivity contribution in [2.24, 2.45) is 10.7 Å². The number of nitrogens with zero attached hydrogens (tertiary/aromatic N) is 3. The summed E-state index contributed by atoms with van der Waals surface area (Å²) in [5.41, 5.74) is 7.44. The number of nitrogens with two attached hydrogens (primary N) is 1. The van der Waals surface area contributed by atoms with Gasteiger partial charge in [0.2, 0.25) is 0 Å². The van der Waals surface area contributed by atoms with Crippen LogP contribution in [0.25, 0.3) is 11.1 Å². The van der Waals surface area contributed by atoms with Gasteiger partial charge in [0.05, 0.1) is 0 Å². The van der Waals surface area contributed by atoms with E-state index in [4.69, 9.17) is 24.9 Å². The quantitative estimate of drug-likeness (QED) is 0.844. The van der Waals surface area contributed by atoms with Crippen molar-refractivity contribution in [3.63, 3.8) is 0 Å². The molecule has 1 aromatic heterocycles. The maximum atomic E-state index is 6.33. The van der Waals surface area contributed by atoms with E-state index >= 15 is 0 Å². The van der Waals surface area contributed by atoms with E-state index in [0.717, 1.165) is 35.3 Å². The number of aromatic nitrogens is 2. The highest BCUT2D eigenvalue weighted by Gasteiger charge is 2.63. The van der Waals surface area contributed by atoms with E-state index in [9.17, 15) is 0 Å². The molecular formula is C19H20N4O3. The number of ether oxygens (including phenoxy) is 3. The molecule has 4 heterocycles. The number of benzene rings is 1. The maximum Gasteiger partial charge on any atom is 0.283 e. The number of rotatable bonds is 1.